The van der Waals surface area contributed by atoms with Crippen LogP contribution >= 0.6 is 0 Å². The van der Waals surface area contributed by atoms with Crippen molar-refractivity contribution in [1.82, 2.24) is 4.98 Å². The summed E-state index contributed by atoms with van der Waals surface area (Å²) < 4.78 is 13.4. The number of rotatable bonds is 3. The van der Waals surface area contributed by atoms with Crippen LogP contribution in [0, 0.1) is 5.82 Å². The number of hydrogen-bond donors (Lipinski definition) is 1. The number of halogens is 1. The summed E-state index contributed by atoms with van der Waals surface area (Å²) in [6.07, 6.45) is 4.49. The van der Waals surface area contributed by atoms with Gasteiger partial charge in [-0.25, -0.2) is 9.18 Å². The maximum atomic E-state index is 13.4. The third kappa shape index (κ3) is 2.60. The molecule has 0 radical (unpaired) electrons. The Morgan fingerprint density at radius 1 is 1.17 bits per heavy atom. The van der Waals surface area contributed by atoms with E-state index in [2.05, 4.69) is 4.98 Å². The molecule has 90 valence electrons. The molecule has 0 unspecified atom stereocenters. The predicted octanol–water partition coefficient (Wildman–Crippen LogP) is 3.09. The summed E-state index contributed by atoms with van der Waals surface area (Å²) in [6.45, 7) is 0. The molecule has 2 aromatic rings. The lowest BCUT2D eigenvalue weighted by Crippen LogP contribution is -2.00. The predicted molar refractivity (Wildman–Crippen MR) is 66.5 cm³/mol. The molecule has 18 heavy (non-hydrogen) atoms. The number of carboxylic acids is 1. The molecule has 0 fully saturated rings. The van der Waals surface area contributed by atoms with Crippen LogP contribution in [-0.4, -0.2) is 16.1 Å². The zero-order valence-electron chi connectivity index (χ0n) is 9.38. The maximum absolute atomic E-state index is 13.4. The quantitative estimate of drug-likeness (QED) is 0.901. The summed E-state index contributed by atoms with van der Waals surface area (Å²) in [5, 5.41) is 8.97. The number of aromatic nitrogens is 1. The van der Waals surface area contributed by atoms with E-state index in [1.807, 2.05) is 0 Å². The molecule has 0 spiro atoms. The van der Waals surface area contributed by atoms with Gasteiger partial charge in [0.15, 0.2) is 0 Å². The number of nitrogens with zero attached hydrogens (tertiary/aromatic N) is 1. The summed E-state index contributed by atoms with van der Waals surface area (Å²) in [7, 11) is 0. The Kier molecular flexibility index (Phi) is 3.48. The molecule has 0 saturated heterocycles. The van der Waals surface area contributed by atoms with E-state index < -0.39 is 5.97 Å². The summed E-state index contributed by atoms with van der Waals surface area (Å²) in [4.78, 5) is 14.9. The van der Waals surface area contributed by atoms with Gasteiger partial charge >= 0.3 is 5.97 Å². The smallest absolute Gasteiger partial charge is 0.337 e. The molecule has 3 nitrogen and oxygen atoms in total. The lowest BCUT2D eigenvalue weighted by Gasteiger charge is -1.99. The third-order valence-electron chi connectivity index (χ3n) is 2.39. The number of hydrogen-bond acceptors (Lipinski definition) is 2. The first-order chi connectivity index (χ1) is 8.68. The van der Waals surface area contributed by atoms with Crippen LogP contribution in [0.1, 0.15) is 21.6 Å². The molecule has 0 aliphatic carbocycles. The number of aromatic carboxylic acids is 1. The van der Waals surface area contributed by atoms with Crippen molar-refractivity contribution >= 4 is 18.1 Å². The highest BCUT2D eigenvalue weighted by Crippen LogP contribution is 2.13. The van der Waals surface area contributed by atoms with Gasteiger partial charge in [-0.3, -0.25) is 4.98 Å². The molecule has 1 aromatic carbocycles. The maximum Gasteiger partial charge on any atom is 0.337 e. The minimum atomic E-state index is -1.06. The topological polar surface area (TPSA) is 50.2 Å². The zero-order chi connectivity index (χ0) is 13.0. The third-order valence-corrected chi connectivity index (χ3v) is 2.39. The number of carboxylic acid groups (broad SMARTS) is 1. The van der Waals surface area contributed by atoms with Gasteiger partial charge in [0.1, 0.15) is 5.82 Å². The van der Waals surface area contributed by atoms with Crippen LogP contribution in [0.25, 0.3) is 12.2 Å². The number of pyridine rings is 1. The second-order valence-electron chi connectivity index (χ2n) is 3.60. The van der Waals surface area contributed by atoms with Crippen molar-refractivity contribution in [3.63, 3.8) is 0 Å². The SMILES string of the molecule is O=C(O)c1cccnc1C=Cc1ccccc1F. The van der Waals surface area contributed by atoms with Gasteiger partial charge in [-0.15, -0.1) is 0 Å². The molecule has 0 saturated carbocycles. The second-order valence-corrected chi connectivity index (χ2v) is 3.60. The minimum Gasteiger partial charge on any atom is -0.478 e. The summed E-state index contributed by atoms with van der Waals surface area (Å²) in [5.74, 6) is -1.42. The van der Waals surface area contributed by atoms with Gasteiger partial charge < -0.3 is 5.11 Å². The van der Waals surface area contributed by atoms with Crippen LogP contribution in [0.2, 0.25) is 0 Å². The number of benzene rings is 1. The molecule has 1 N–H and O–H groups in total. The van der Waals surface area contributed by atoms with E-state index in [4.69, 9.17) is 5.11 Å². The first-order valence-corrected chi connectivity index (χ1v) is 5.29. The fourth-order valence-electron chi connectivity index (χ4n) is 1.51. The van der Waals surface area contributed by atoms with Gasteiger partial charge in [-0.2, -0.15) is 0 Å². The molecule has 0 aliphatic rings. The van der Waals surface area contributed by atoms with Crippen molar-refractivity contribution in [3.05, 3.63) is 65.2 Å². The van der Waals surface area contributed by atoms with Gasteiger partial charge in [-0.1, -0.05) is 18.2 Å². The molecule has 1 aromatic heterocycles. The molecular formula is C14H10FNO2. The Balaban J connectivity index is 2.35. The fourth-order valence-corrected chi connectivity index (χ4v) is 1.51. The van der Waals surface area contributed by atoms with E-state index in [0.717, 1.165) is 0 Å². The van der Waals surface area contributed by atoms with Crippen molar-refractivity contribution in [2.45, 2.75) is 0 Å². The Bertz CT molecular complexity index is 608. The Morgan fingerprint density at radius 2 is 1.94 bits per heavy atom. The standard InChI is InChI=1S/C14H10FNO2/c15-12-6-2-1-4-10(12)7-8-13-11(14(17)18)5-3-9-16-13/h1-9H,(H,17,18). The van der Waals surface area contributed by atoms with E-state index in [9.17, 15) is 9.18 Å². The number of carbonyl (C=O) groups is 1. The normalized spacial score (nSPS) is 10.7. The largest absolute Gasteiger partial charge is 0.478 e. The lowest BCUT2D eigenvalue weighted by molar-refractivity contribution is 0.0696. The lowest BCUT2D eigenvalue weighted by atomic mass is 10.1. The summed E-state index contributed by atoms with van der Waals surface area (Å²) in [5.41, 5.74) is 0.776. The molecule has 0 aliphatic heterocycles. The highest BCUT2D eigenvalue weighted by molar-refractivity contribution is 5.92. The van der Waals surface area contributed by atoms with Crippen molar-refractivity contribution in [2.75, 3.05) is 0 Å². The van der Waals surface area contributed by atoms with Crippen LogP contribution in [0.3, 0.4) is 0 Å². The van der Waals surface area contributed by atoms with Crippen LogP contribution in [0.15, 0.2) is 42.6 Å². The van der Waals surface area contributed by atoms with Gasteiger partial charge in [0.05, 0.1) is 11.3 Å². The van der Waals surface area contributed by atoms with Crippen molar-refractivity contribution in [1.29, 1.82) is 0 Å². The van der Waals surface area contributed by atoms with Crippen LogP contribution in [0.5, 0.6) is 0 Å². The molecule has 0 amide bonds. The van der Waals surface area contributed by atoms with E-state index in [1.54, 1.807) is 24.3 Å². The average molecular weight is 243 g/mol. The van der Waals surface area contributed by atoms with Gasteiger partial charge in [0.25, 0.3) is 0 Å². The average Bonchev–Trinajstić information content (AvgIpc) is 2.38. The van der Waals surface area contributed by atoms with Gasteiger partial charge in [0, 0.05) is 11.8 Å². The molecule has 0 atom stereocenters. The van der Waals surface area contributed by atoms with Crippen molar-refractivity contribution in [2.24, 2.45) is 0 Å². The highest BCUT2D eigenvalue weighted by Gasteiger charge is 2.07. The molecule has 1 heterocycles. The zero-order valence-corrected chi connectivity index (χ0v) is 9.38. The van der Waals surface area contributed by atoms with Crippen molar-refractivity contribution < 1.29 is 14.3 Å². The monoisotopic (exact) mass is 243 g/mol. The Hall–Kier alpha value is -2.49. The first kappa shape index (κ1) is 12.0. The van der Waals surface area contributed by atoms with Crippen molar-refractivity contribution in [3.8, 4) is 0 Å². The summed E-state index contributed by atoms with van der Waals surface area (Å²) in [6, 6.07) is 9.25. The molecule has 4 heteroatoms. The molecule has 2 rings (SSSR count). The molecular weight excluding hydrogens is 233 g/mol. The second kappa shape index (κ2) is 5.23. The fraction of sp³-hybridized carbons (Fsp3) is 0. The minimum absolute atomic E-state index is 0.0880. The van der Waals surface area contributed by atoms with E-state index in [1.165, 1.54) is 30.5 Å². The Morgan fingerprint density at radius 3 is 2.67 bits per heavy atom. The summed E-state index contributed by atoms with van der Waals surface area (Å²) >= 11 is 0. The molecule has 0 bridgehead atoms. The van der Waals surface area contributed by atoms with E-state index in [-0.39, 0.29) is 11.4 Å². The van der Waals surface area contributed by atoms with E-state index in [0.29, 0.717) is 11.3 Å². The van der Waals surface area contributed by atoms with Crippen LogP contribution in [-0.2, 0) is 0 Å². The first-order valence-electron chi connectivity index (χ1n) is 5.29. The van der Waals surface area contributed by atoms with Gasteiger partial charge in [-0.05, 0) is 30.4 Å². The van der Waals surface area contributed by atoms with Crippen LogP contribution < -0.4 is 0 Å². The van der Waals surface area contributed by atoms with Crippen LogP contribution in [0.4, 0.5) is 4.39 Å². The Labute approximate surface area is 103 Å². The van der Waals surface area contributed by atoms with Gasteiger partial charge in [0.2, 0.25) is 0 Å². The highest BCUT2D eigenvalue weighted by atomic mass is 19.1. The van der Waals surface area contributed by atoms with E-state index >= 15 is 0 Å².